The number of rotatable bonds is 6. The fraction of sp³-hybridized carbons (Fsp3) is 0.333. The highest BCUT2D eigenvalue weighted by atomic mass is 16.2. The lowest BCUT2D eigenvalue weighted by molar-refractivity contribution is -0.134. The van der Waals surface area contributed by atoms with Gasteiger partial charge in [0, 0.05) is 24.6 Å². The molecule has 0 saturated carbocycles. The number of fused-ring (bicyclic) bond motifs is 2. The van der Waals surface area contributed by atoms with Crippen molar-refractivity contribution in [2.45, 2.75) is 69.9 Å². The number of nitrogens with one attached hydrogen (secondary N) is 2. The van der Waals surface area contributed by atoms with Gasteiger partial charge in [0.1, 0.15) is 11.6 Å². The fourth-order valence-corrected chi connectivity index (χ4v) is 7.81. The molecule has 2 N–H and O–H groups in total. The van der Waals surface area contributed by atoms with Crippen LogP contribution in [0.25, 0.3) is 23.2 Å². The maximum absolute atomic E-state index is 13.5. The van der Waals surface area contributed by atoms with Gasteiger partial charge in [-0.25, -0.2) is 9.97 Å². The van der Waals surface area contributed by atoms with Crippen LogP contribution in [0.5, 0.6) is 0 Å². The van der Waals surface area contributed by atoms with Gasteiger partial charge in [-0.1, -0.05) is 78.6 Å². The highest BCUT2D eigenvalue weighted by molar-refractivity contribution is 5.85. The molecular weight excluding hydrogens is 621 g/mol. The number of likely N-dealkylation sites (tertiary alicyclic amines) is 2. The molecule has 5 atom stereocenters. The van der Waals surface area contributed by atoms with Crippen LogP contribution in [0.3, 0.4) is 0 Å². The Bertz CT molecular complexity index is 2230. The predicted molar refractivity (Wildman–Crippen MR) is 195 cm³/mol. The molecule has 2 amide bonds. The molecule has 5 aromatic rings. The van der Waals surface area contributed by atoms with Crippen LogP contribution in [0.1, 0.15) is 98.2 Å². The molecule has 1 aliphatic carbocycles. The summed E-state index contributed by atoms with van der Waals surface area (Å²) in [5.74, 6) is 8.50. The van der Waals surface area contributed by atoms with Crippen LogP contribution in [-0.2, 0) is 9.59 Å². The highest BCUT2D eigenvalue weighted by Gasteiger charge is 2.36. The fourth-order valence-electron chi connectivity index (χ4n) is 7.81. The lowest BCUT2D eigenvalue weighted by Crippen LogP contribution is -2.34. The third kappa shape index (κ3) is 6.13. The van der Waals surface area contributed by atoms with Crippen molar-refractivity contribution < 1.29 is 9.59 Å². The van der Waals surface area contributed by atoms with Crippen LogP contribution < -0.4 is 10.7 Å². The zero-order valence-electron chi connectivity index (χ0n) is 28.6. The van der Waals surface area contributed by atoms with Crippen molar-refractivity contribution in [3.63, 3.8) is 0 Å². The first kappa shape index (κ1) is 31.8. The van der Waals surface area contributed by atoms with Crippen molar-refractivity contribution in [1.82, 2.24) is 29.7 Å². The first-order valence-corrected chi connectivity index (χ1v) is 17.9. The zero-order valence-corrected chi connectivity index (χ0v) is 28.6. The number of aromatic nitrogens is 4. The Hall–Kier alpha value is -5.42. The Morgan fingerprint density at radius 2 is 1.38 bits per heavy atom. The van der Waals surface area contributed by atoms with E-state index in [9.17, 15) is 9.59 Å². The molecule has 2 aliphatic heterocycles. The monoisotopic (exact) mass is 662 g/mol. The molecule has 4 heterocycles. The maximum Gasteiger partial charge on any atom is 0.230 e. The number of amides is 2. The minimum Gasteiger partial charge on any atom is -0.340 e. The summed E-state index contributed by atoms with van der Waals surface area (Å²) in [6, 6.07) is 26.0. The average molecular weight is 663 g/mol. The summed E-state index contributed by atoms with van der Waals surface area (Å²) in [6.07, 6.45) is 8.84. The highest BCUT2D eigenvalue weighted by Crippen LogP contribution is 2.35. The molecule has 8 rings (SSSR count). The Kier molecular flexibility index (Phi) is 8.58. The van der Waals surface area contributed by atoms with Crippen LogP contribution in [0.2, 0.25) is 0 Å². The van der Waals surface area contributed by atoms with Gasteiger partial charge >= 0.3 is 0 Å². The van der Waals surface area contributed by atoms with Crippen molar-refractivity contribution in [3.8, 4) is 11.8 Å². The normalized spacial score (nSPS) is 21.1. The molecule has 2 aromatic heterocycles. The number of carbonyl (C=O) groups excluding carboxylic acids is 2. The lowest BCUT2D eigenvalue weighted by atomic mass is 9.99. The quantitative estimate of drug-likeness (QED) is 0.223. The molecule has 2 saturated heterocycles. The molecule has 8 nitrogen and oxygen atoms in total. The first-order chi connectivity index (χ1) is 24.4. The van der Waals surface area contributed by atoms with Gasteiger partial charge in [-0.2, -0.15) is 0 Å². The second-order valence-corrected chi connectivity index (χ2v) is 13.9. The summed E-state index contributed by atoms with van der Waals surface area (Å²) in [7, 11) is 0. The van der Waals surface area contributed by atoms with Crippen molar-refractivity contribution in [1.29, 1.82) is 0 Å². The molecule has 2 fully saturated rings. The molecule has 0 radical (unpaired) electrons. The minimum absolute atomic E-state index is 0.0432. The molecule has 3 aromatic carbocycles. The van der Waals surface area contributed by atoms with Gasteiger partial charge in [0.25, 0.3) is 0 Å². The van der Waals surface area contributed by atoms with Crippen LogP contribution in [-0.4, -0.2) is 54.6 Å². The molecule has 8 heteroatoms. The third-order valence-electron chi connectivity index (χ3n) is 10.7. The molecular formula is C42H42N6O2. The van der Waals surface area contributed by atoms with Crippen molar-refractivity contribution >= 4 is 35.0 Å². The van der Waals surface area contributed by atoms with Gasteiger partial charge in [0.2, 0.25) is 11.8 Å². The molecule has 0 bridgehead atoms. The summed E-state index contributed by atoms with van der Waals surface area (Å²) >= 11 is 0. The Morgan fingerprint density at radius 1 is 0.780 bits per heavy atom. The predicted octanol–water partition coefficient (Wildman–Crippen LogP) is 5.85. The summed E-state index contributed by atoms with van der Waals surface area (Å²) in [5, 5.41) is 1.92. The number of hydrogen-bond donors (Lipinski definition) is 2. The molecule has 252 valence electrons. The second-order valence-electron chi connectivity index (χ2n) is 13.9. The largest absolute Gasteiger partial charge is 0.340 e. The van der Waals surface area contributed by atoms with Crippen LogP contribution in [0.4, 0.5) is 0 Å². The van der Waals surface area contributed by atoms with Crippen LogP contribution in [0, 0.1) is 17.8 Å². The number of nitrogens with zero attached hydrogens (tertiary/aromatic N) is 4. The average Bonchev–Trinajstić information content (AvgIpc) is 3.98. The van der Waals surface area contributed by atoms with Crippen molar-refractivity contribution in [2.75, 3.05) is 13.1 Å². The maximum atomic E-state index is 13.5. The molecule has 0 spiro atoms. The standard InChI is InChI=1S/C42H42N6O2/c1-27(31-11-5-3-6-12-31)41(49)47-23-9-15-37(47)39-43-33-21-19-29(25-35(33)45-39)17-18-30-20-22-34-36(26-30)46-40(44-34)38-16-10-24-48(38)42(50)28(2)32-13-7-4-8-14-32/h3-8,11-14,19,21-22,25-28,30,37-38H,9-10,15-16,20,23-24H2,1-2H3,(H,43,45)(H,44,46)/t27-,28-,30?,37+,38?/m1/s1. The van der Waals surface area contributed by atoms with E-state index in [4.69, 9.17) is 9.97 Å². The summed E-state index contributed by atoms with van der Waals surface area (Å²) in [6.45, 7) is 5.48. The van der Waals surface area contributed by atoms with Crippen molar-refractivity contribution in [3.05, 3.63) is 118 Å². The van der Waals surface area contributed by atoms with E-state index in [2.05, 4.69) is 40.0 Å². The van der Waals surface area contributed by atoms with E-state index in [1.54, 1.807) is 0 Å². The number of benzene rings is 3. The van der Waals surface area contributed by atoms with Gasteiger partial charge < -0.3 is 19.8 Å². The minimum atomic E-state index is -0.198. The summed E-state index contributed by atoms with van der Waals surface area (Å²) in [5.41, 5.74) is 4.80. The number of aromatic amines is 2. The SMILES string of the molecule is C[C@@H](C(=O)N1CCCC1c1nc2c([nH]1)=CC(C#Cc1ccc3nc([C@@H]4CCCN4C(=O)[C@H](C)c4ccccc4)[nH]c3c1)CC=2)c1ccccc1. The van der Waals surface area contributed by atoms with Gasteiger partial charge in [-0.3, -0.25) is 9.59 Å². The van der Waals surface area contributed by atoms with E-state index in [0.717, 1.165) is 95.3 Å². The Labute approximate surface area is 292 Å². The topological polar surface area (TPSA) is 98.0 Å². The van der Waals surface area contributed by atoms with Gasteiger partial charge in [0.15, 0.2) is 0 Å². The van der Waals surface area contributed by atoms with Crippen LogP contribution >= 0.6 is 0 Å². The van der Waals surface area contributed by atoms with E-state index in [-0.39, 0.29) is 41.7 Å². The third-order valence-corrected chi connectivity index (χ3v) is 10.7. The van der Waals surface area contributed by atoms with Gasteiger partial charge in [-0.05, 0) is 81.4 Å². The lowest BCUT2D eigenvalue weighted by Gasteiger charge is -2.26. The second kappa shape index (κ2) is 13.5. The number of hydrogen-bond acceptors (Lipinski definition) is 4. The van der Waals surface area contributed by atoms with E-state index >= 15 is 0 Å². The van der Waals surface area contributed by atoms with Gasteiger partial charge in [0.05, 0.1) is 45.7 Å². The molecule has 50 heavy (non-hydrogen) atoms. The first-order valence-electron chi connectivity index (χ1n) is 17.9. The van der Waals surface area contributed by atoms with E-state index in [1.165, 1.54) is 0 Å². The Balaban J connectivity index is 0.968. The Morgan fingerprint density at radius 3 is 2.00 bits per heavy atom. The van der Waals surface area contributed by atoms with Crippen LogP contribution in [0.15, 0.2) is 78.9 Å². The zero-order chi connectivity index (χ0) is 34.2. The number of imidazole rings is 2. The summed E-state index contributed by atoms with van der Waals surface area (Å²) < 4.78 is 0. The van der Waals surface area contributed by atoms with E-state index in [0.29, 0.717) is 0 Å². The number of carbonyl (C=O) groups is 2. The summed E-state index contributed by atoms with van der Waals surface area (Å²) in [4.78, 5) is 48.0. The molecule has 2 unspecified atom stereocenters. The van der Waals surface area contributed by atoms with Gasteiger partial charge in [-0.15, -0.1) is 0 Å². The molecule has 3 aliphatic rings. The smallest absolute Gasteiger partial charge is 0.230 e. The van der Waals surface area contributed by atoms with E-state index in [1.807, 2.05) is 96.4 Å². The van der Waals surface area contributed by atoms with E-state index < -0.39 is 0 Å². The van der Waals surface area contributed by atoms with Crippen molar-refractivity contribution in [2.24, 2.45) is 5.92 Å². The number of H-pyrrole nitrogens is 2.